The molecule has 0 bridgehead atoms. The molecular formula is C20H32O3Si. The highest BCUT2D eigenvalue weighted by molar-refractivity contribution is 6.74. The van der Waals surface area contributed by atoms with Crippen molar-refractivity contribution < 1.29 is 14.0 Å². The van der Waals surface area contributed by atoms with Gasteiger partial charge in [-0.1, -0.05) is 33.4 Å². The van der Waals surface area contributed by atoms with Crippen LogP contribution in [0.25, 0.3) is 0 Å². The predicted octanol–water partition coefficient (Wildman–Crippen LogP) is 4.82. The summed E-state index contributed by atoms with van der Waals surface area (Å²) in [5.74, 6) is 0.353. The molecule has 0 radical (unpaired) electrons. The molecule has 2 aliphatic rings. The van der Waals surface area contributed by atoms with Crippen LogP contribution in [-0.2, 0) is 14.0 Å². The summed E-state index contributed by atoms with van der Waals surface area (Å²) in [5.41, 5.74) is 3.59. The molecule has 134 valence electrons. The van der Waals surface area contributed by atoms with E-state index in [-0.39, 0.29) is 22.8 Å². The molecule has 1 heterocycles. The van der Waals surface area contributed by atoms with Crippen molar-refractivity contribution in [1.82, 2.24) is 0 Å². The summed E-state index contributed by atoms with van der Waals surface area (Å²) >= 11 is 0. The monoisotopic (exact) mass is 348 g/mol. The van der Waals surface area contributed by atoms with Gasteiger partial charge in [0.05, 0.1) is 19.3 Å². The highest BCUT2D eigenvalue weighted by Crippen LogP contribution is 2.44. The van der Waals surface area contributed by atoms with E-state index in [4.69, 9.17) is 9.16 Å². The lowest BCUT2D eigenvalue weighted by atomic mass is 9.93. The molecule has 4 heteroatoms. The third kappa shape index (κ3) is 4.16. The maximum atomic E-state index is 11.4. The summed E-state index contributed by atoms with van der Waals surface area (Å²) in [6.07, 6.45) is 5.89. The zero-order chi connectivity index (χ0) is 18.1. The topological polar surface area (TPSA) is 35.5 Å². The van der Waals surface area contributed by atoms with Gasteiger partial charge in [0.2, 0.25) is 0 Å². The Labute approximate surface area is 147 Å². The molecule has 1 aliphatic carbocycles. The number of carbonyl (C=O) groups excluding carboxylic acids is 1. The highest BCUT2D eigenvalue weighted by Gasteiger charge is 2.43. The quantitative estimate of drug-likeness (QED) is 0.540. The first-order valence-electron chi connectivity index (χ1n) is 8.88. The summed E-state index contributed by atoms with van der Waals surface area (Å²) in [5, 5.41) is 0.180. The first-order chi connectivity index (χ1) is 11.0. The summed E-state index contributed by atoms with van der Waals surface area (Å²) < 4.78 is 12.3. The van der Waals surface area contributed by atoms with Gasteiger partial charge in [0.1, 0.15) is 0 Å². The minimum atomic E-state index is -1.85. The third-order valence-electron chi connectivity index (χ3n) is 5.59. The zero-order valence-corrected chi connectivity index (χ0v) is 17.1. The zero-order valence-electron chi connectivity index (χ0n) is 16.1. The SMILES string of the molecule is C=C1COC/C1=C1/C(/C=C/C(C)=O)CCC1O[Si](C)(C)C(C)(C)C. The molecule has 2 fully saturated rings. The van der Waals surface area contributed by atoms with Crippen LogP contribution in [0.15, 0.2) is 35.5 Å². The largest absolute Gasteiger partial charge is 0.410 e. The van der Waals surface area contributed by atoms with E-state index >= 15 is 0 Å². The Morgan fingerprint density at radius 2 is 1.96 bits per heavy atom. The van der Waals surface area contributed by atoms with Crippen LogP contribution in [0, 0.1) is 5.92 Å². The van der Waals surface area contributed by atoms with Crippen molar-refractivity contribution in [2.24, 2.45) is 5.92 Å². The van der Waals surface area contributed by atoms with Gasteiger partial charge < -0.3 is 9.16 Å². The van der Waals surface area contributed by atoms with Crippen LogP contribution < -0.4 is 0 Å². The lowest BCUT2D eigenvalue weighted by Crippen LogP contribution is -2.44. The molecule has 0 aromatic rings. The number of ether oxygens (including phenoxy) is 1. The number of carbonyl (C=O) groups is 1. The van der Waals surface area contributed by atoms with E-state index in [9.17, 15) is 4.79 Å². The van der Waals surface area contributed by atoms with Crippen molar-refractivity contribution in [3.05, 3.63) is 35.5 Å². The first kappa shape index (κ1) is 19.4. The Bertz CT molecular complexity index is 578. The molecule has 0 aromatic heterocycles. The Hall–Kier alpha value is -0.973. The second-order valence-corrected chi connectivity index (χ2v) is 13.3. The maximum Gasteiger partial charge on any atom is 0.192 e. The van der Waals surface area contributed by atoms with Crippen LogP contribution in [0.4, 0.5) is 0 Å². The highest BCUT2D eigenvalue weighted by atomic mass is 28.4. The van der Waals surface area contributed by atoms with E-state index in [1.165, 1.54) is 11.1 Å². The van der Waals surface area contributed by atoms with Gasteiger partial charge in [-0.3, -0.25) is 4.79 Å². The van der Waals surface area contributed by atoms with Gasteiger partial charge in [-0.15, -0.1) is 0 Å². The van der Waals surface area contributed by atoms with Crippen LogP contribution in [-0.4, -0.2) is 33.4 Å². The molecule has 24 heavy (non-hydrogen) atoms. The first-order valence-corrected chi connectivity index (χ1v) is 11.8. The predicted molar refractivity (Wildman–Crippen MR) is 102 cm³/mol. The average Bonchev–Trinajstić information content (AvgIpc) is 3.00. The van der Waals surface area contributed by atoms with Gasteiger partial charge in [-0.05, 0) is 60.7 Å². The molecule has 1 aliphatic heterocycles. The molecule has 3 nitrogen and oxygen atoms in total. The van der Waals surface area contributed by atoms with Crippen molar-refractivity contribution in [3.8, 4) is 0 Å². The number of hydrogen-bond acceptors (Lipinski definition) is 3. The van der Waals surface area contributed by atoms with E-state index in [0.717, 1.165) is 18.4 Å². The van der Waals surface area contributed by atoms with Crippen molar-refractivity contribution in [2.75, 3.05) is 13.2 Å². The second kappa shape index (κ2) is 7.10. The van der Waals surface area contributed by atoms with Crippen LogP contribution in [0.2, 0.25) is 18.1 Å². The smallest absolute Gasteiger partial charge is 0.192 e. The van der Waals surface area contributed by atoms with Crippen LogP contribution in [0.5, 0.6) is 0 Å². The summed E-state index contributed by atoms with van der Waals surface area (Å²) in [7, 11) is -1.85. The van der Waals surface area contributed by atoms with Gasteiger partial charge in [-0.25, -0.2) is 0 Å². The van der Waals surface area contributed by atoms with Crippen molar-refractivity contribution in [1.29, 1.82) is 0 Å². The average molecular weight is 349 g/mol. The molecule has 2 rings (SSSR count). The Kier molecular flexibility index (Phi) is 5.73. The second-order valence-electron chi connectivity index (χ2n) is 8.55. The van der Waals surface area contributed by atoms with Gasteiger partial charge in [0.15, 0.2) is 14.1 Å². The molecule has 1 saturated heterocycles. The van der Waals surface area contributed by atoms with Gasteiger partial charge in [0.25, 0.3) is 0 Å². The Morgan fingerprint density at radius 1 is 1.29 bits per heavy atom. The summed E-state index contributed by atoms with van der Waals surface area (Å²) in [6, 6.07) is 0. The fourth-order valence-corrected chi connectivity index (χ4v) is 4.47. The lowest BCUT2D eigenvalue weighted by molar-refractivity contribution is -0.112. The Balaban J connectivity index is 2.35. The van der Waals surface area contributed by atoms with E-state index in [1.807, 2.05) is 6.08 Å². The van der Waals surface area contributed by atoms with Gasteiger partial charge in [0, 0.05) is 5.92 Å². The van der Waals surface area contributed by atoms with Crippen molar-refractivity contribution >= 4 is 14.1 Å². The molecule has 0 amide bonds. The van der Waals surface area contributed by atoms with Crippen LogP contribution in [0.1, 0.15) is 40.5 Å². The number of allylic oxidation sites excluding steroid dienone is 2. The molecule has 0 N–H and O–H groups in total. The molecule has 0 aromatic carbocycles. The summed E-state index contributed by atoms with van der Waals surface area (Å²) in [4.78, 5) is 11.4. The molecular weight excluding hydrogens is 316 g/mol. The molecule has 1 saturated carbocycles. The number of hydrogen-bond donors (Lipinski definition) is 0. The van der Waals surface area contributed by atoms with Crippen LogP contribution >= 0.6 is 0 Å². The molecule has 2 atom stereocenters. The van der Waals surface area contributed by atoms with Gasteiger partial charge >= 0.3 is 0 Å². The Morgan fingerprint density at radius 3 is 2.46 bits per heavy atom. The number of rotatable bonds is 4. The fraction of sp³-hybridized carbons (Fsp3) is 0.650. The van der Waals surface area contributed by atoms with Crippen molar-refractivity contribution in [3.63, 3.8) is 0 Å². The number of ketones is 1. The summed E-state index contributed by atoms with van der Waals surface area (Å²) in [6.45, 7) is 18.4. The van der Waals surface area contributed by atoms with E-state index in [0.29, 0.717) is 13.2 Å². The fourth-order valence-electron chi connectivity index (χ4n) is 3.16. The van der Waals surface area contributed by atoms with E-state index in [1.54, 1.807) is 13.0 Å². The maximum absolute atomic E-state index is 11.4. The minimum absolute atomic E-state index is 0.0922. The molecule has 0 spiro atoms. The normalized spacial score (nSPS) is 29.0. The van der Waals surface area contributed by atoms with Gasteiger partial charge in [-0.2, -0.15) is 0 Å². The third-order valence-corrected chi connectivity index (χ3v) is 10.1. The van der Waals surface area contributed by atoms with Crippen LogP contribution in [0.3, 0.4) is 0 Å². The van der Waals surface area contributed by atoms with E-state index < -0.39 is 8.32 Å². The lowest BCUT2D eigenvalue weighted by Gasteiger charge is -2.39. The van der Waals surface area contributed by atoms with Crippen molar-refractivity contribution in [2.45, 2.75) is 64.8 Å². The standard InChI is InChI=1S/C20H32O3Si/c1-14-12-22-13-17(14)19-16(9-8-15(2)21)10-11-18(19)23-24(6,7)20(3,4)5/h8-9,16,18H,1,10-13H2,2-7H3/b9-8+,19-17+. The minimum Gasteiger partial charge on any atom is -0.410 e. The van der Waals surface area contributed by atoms with E-state index in [2.05, 4.69) is 40.4 Å². The molecule has 2 unspecified atom stereocenters.